The molecule has 0 N–H and O–H groups in total. The standard InChI is InChI=1S/C23H18ClN/c24-22-16-8-7-15-21(22)23(25-17-9-10-18-25,19-11-3-1-4-12-19)20-13-5-2-6-14-20/h1-18H. The molecule has 0 amide bonds. The summed E-state index contributed by atoms with van der Waals surface area (Å²) in [5.41, 5.74) is 2.88. The van der Waals surface area contributed by atoms with Crippen molar-refractivity contribution >= 4 is 11.6 Å². The summed E-state index contributed by atoms with van der Waals surface area (Å²) < 4.78 is 2.24. The lowest BCUT2D eigenvalue weighted by Gasteiger charge is -2.38. The largest absolute Gasteiger partial charge is 0.336 e. The van der Waals surface area contributed by atoms with E-state index in [0.29, 0.717) is 0 Å². The van der Waals surface area contributed by atoms with Gasteiger partial charge in [-0.1, -0.05) is 90.5 Å². The highest BCUT2D eigenvalue weighted by Gasteiger charge is 2.39. The van der Waals surface area contributed by atoms with Crippen LogP contribution in [0.25, 0.3) is 0 Å². The molecule has 0 radical (unpaired) electrons. The van der Waals surface area contributed by atoms with E-state index in [-0.39, 0.29) is 0 Å². The van der Waals surface area contributed by atoms with Crippen molar-refractivity contribution in [2.75, 3.05) is 0 Å². The molecule has 0 aliphatic heterocycles. The van der Waals surface area contributed by atoms with Crippen LogP contribution >= 0.6 is 11.6 Å². The fraction of sp³-hybridized carbons (Fsp3) is 0.0435. The minimum absolute atomic E-state index is 0.523. The summed E-state index contributed by atoms with van der Waals surface area (Å²) in [5, 5.41) is 0.754. The summed E-state index contributed by atoms with van der Waals surface area (Å²) in [4.78, 5) is 0. The SMILES string of the molecule is Clc1ccccc1C(c1ccccc1)(c1ccccc1)n1cccc1. The summed E-state index contributed by atoms with van der Waals surface area (Å²) >= 11 is 6.71. The summed E-state index contributed by atoms with van der Waals surface area (Å²) in [7, 11) is 0. The van der Waals surface area contributed by atoms with Gasteiger partial charge in [-0.25, -0.2) is 0 Å². The predicted octanol–water partition coefficient (Wildman–Crippen LogP) is 5.98. The molecule has 122 valence electrons. The van der Waals surface area contributed by atoms with E-state index in [1.807, 2.05) is 30.3 Å². The summed E-state index contributed by atoms with van der Waals surface area (Å²) in [6, 6.07) is 33.2. The van der Waals surface area contributed by atoms with Crippen LogP contribution in [0.15, 0.2) is 109 Å². The maximum Gasteiger partial charge on any atom is 0.121 e. The van der Waals surface area contributed by atoms with Crippen LogP contribution in [-0.4, -0.2) is 4.57 Å². The molecule has 0 atom stereocenters. The van der Waals surface area contributed by atoms with Crippen LogP contribution in [-0.2, 0) is 5.54 Å². The van der Waals surface area contributed by atoms with E-state index in [2.05, 4.69) is 83.7 Å². The number of nitrogens with zero attached hydrogens (tertiary/aromatic N) is 1. The molecular weight excluding hydrogens is 326 g/mol. The van der Waals surface area contributed by atoms with Crippen LogP contribution in [0.5, 0.6) is 0 Å². The molecule has 1 aromatic heterocycles. The van der Waals surface area contributed by atoms with Crippen LogP contribution in [0.1, 0.15) is 16.7 Å². The molecule has 0 unspecified atom stereocenters. The number of halogens is 1. The highest BCUT2D eigenvalue weighted by atomic mass is 35.5. The molecule has 4 rings (SSSR count). The van der Waals surface area contributed by atoms with Crippen molar-refractivity contribution in [1.29, 1.82) is 0 Å². The Hall–Kier alpha value is -2.77. The van der Waals surface area contributed by atoms with Gasteiger partial charge in [0.15, 0.2) is 0 Å². The van der Waals surface area contributed by atoms with E-state index in [0.717, 1.165) is 10.6 Å². The van der Waals surface area contributed by atoms with E-state index < -0.39 is 5.54 Å². The van der Waals surface area contributed by atoms with Crippen molar-refractivity contribution in [1.82, 2.24) is 4.57 Å². The number of rotatable bonds is 4. The number of hydrogen-bond acceptors (Lipinski definition) is 0. The molecule has 4 aromatic rings. The molecule has 1 nitrogen and oxygen atoms in total. The fourth-order valence-corrected chi connectivity index (χ4v) is 3.86. The normalized spacial score (nSPS) is 11.4. The molecule has 1 heterocycles. The lowest BCUT2D eigenvalue weighted by atomic mass is 9.76. The maximum absolute atomic E-state index is 6.71. The van der Waals surface area contributed by atoms with Gasteiger partial charge in [-0.05, 0) is 29.3 Å². The van der Waals surface area contributed by atoms with Gasteiger partial charge in [0.25, 0.3) is 0 Å². The Balaban J connectivity index is 2.15. The number of aromatic nitrogens is 1. The molecule has 25 heavy (non-hydrogen) atoms. The first-order valence-electron chi connectivity index (χ1n) is 8.33. The maximum atomic E-state index is 6.71. The molecule has 0 spiro atoms. The molecule has 0 aliphatic carbocycles. The smallest absolute Gasteiger partial charge is 0.121 e. The Kier molecular flexibility index (Phi) is 4.17. The molecule has 0 saturated carbocycles. The second kappa shape index (κ2) is 6.62. The Bertz CT molecular complexity index is 904. The van der Waals surface area contributed by atoms with Crippen LogP contribution < -0.4 is 0 Å². The van der Waals surface area contributed by atoms with Gasteiger partial charge in [-0.15, -0.1) is 0 Å². The zero-order valence-electron chi connectivity index (χ0n) is 13.7. The Morgan fingerprint density at radius 1 is 0.560 bits per heavy atom. The van der Waals surface area contributed by atoms with Gasteiger partial charge in [0, 0.05) is 23.0 Å². The zero-order valence-corrected chi connectivity index (χ0v) is 14.5. The zero-order chi connectivity index (χ0) is 17.1. The number of benzene rings is 3. The molecule has 0 fully saturated rings. The second-order valence-corrected chi connectivity index (χ2v) is 6.42. The third-order valence-electron chi connectivity index (χ3n) is 4.64. The van der Waals surface area contributed by atoms with Crippen LogP contribution in [0, 0.1) is 0 Å². The monoisotopic (exact) mass is 343 g/mol. The third-order valence-corrected chi connectivity index (χ3v) is 4.97. The lowest BCUT2D eigenvalue weighted by Crippen LogP contribution is -2.37. The van der Waals surface area contributed by atoms with Crippen LogP contribution in [0.3, 0.4) is 0 Å². The highest BCUT2D eigenvalue weighted by Crippen LogP contribution is 2.43. The molecule has 0 bridgehead atoms. The van der Waals surface area contributed by atoms with E-state index in [1.165, 1.54) is 11.1 Å². The molecule has 3 aromatic carbocycles. The van der Waals surface area contributed by atoms with Gasteiger partial charge in [-0.2, -0.15) is 0 Å². The Morgan fingerprint density at radius 3 is 1.56 bits per heavy atom. The van der Waals surface area contributed by atoms with Gasteiger partial charge in [0.05, 0.1) is 0 Å². The van der Waals surface area contributed by atoms with Crippen molar-refractivity contribution < 1.29 is 0 Å². The van der Waals surface area contributed by atoms with E-state index >= 15 is 0 Å². The second-order valence-electron chi connectivity index (χ2n) is 6.01. The van der Waals surface area contributed by atoms with Crippen molar-refractivity contribution in [3.05, 3.63) is 131 Å². The first-order valence-corrected chi connectivity index (χ1v) is 8.71. The number of hydrogen-bond donors (Lipinski definition) is 0. The quantitative estimate of drug-likeness (QED) is 0.401. The van der Waals surface area contributed by atoms with Gasteiger partial charge in [0.1, 0.15) is 5.54 Å². The van der Waals surface area contributed by atoms with Crippen molar-refractivity contribution in [3.63, 3.8) is 0 Å². The Morgan fingerprint density at radius 2 is 1.04 bits per heavy atom. The molecule has 2 heteroatoms. The van der Waals surface area contributed by atoms with Crippen LogP contribution in [0.2, 0.25) is 5.02 Å². The molecule has 0 aliphatic rings. The molecule has 0 saturated heterocycles. The Labute approximate surface area is 153 Å². The first kappa shape index (κ1) is 15.7. The van der Waals surface area contributed by atoms with Gasteiger partial charge >= 0.3 is 0 Å². The average Bonchev–Trinajstić information content (AvgIpc) is 3.21. The summed E-state index contributed by atoms with van der Waals surface area (Å²) in [6.45, 7) is 0. The van der Waals surface area contributed by atoms with Gasteiger partial charge in [-0.3, -0.25) is 0 Å². The summed E-state index contributed by atoms with van der Waals surface area (Å²) in [6.07, 6.45) is 4.20. The van der Waals surface area contributed by atoms with Crippen molar-refractivity contribution in [3.8, 4) is 0 Å². The van der Waals surface area contributed by atoms with E-state index in [1.54, 1.807) is 0 Å². The predicted molar refractivity (Wildman–Crippen MR) is 104 cm³/mol. The minimum atomic E-state index is -0.523. The van der Waals surface area contributed by atoms with Crippen molar-refractivity contribution in [2.24, 2.45) is 0 Å². The highest BCUT2D eigenvalue weighted by molar-refractivity contribution is 6.31. The van der Waals surface area contributed by atoms with Crippen molar-refractivity contribution in [2.45, 2.75) is 5.54 Å². The average molecular weight is 344 g/mol. The van der Waals surface area contributed by atoms with E-state index in [9.17, 15) is 0 Å². The fourth-order valence-electron chi connectivity index (χ4n) is 3.59. The summed E-state index contributed by atoms with van der Waals surface area (Å²) in [5.74, 6) is 0. The molecular formula is C23H18ClN. The van der Waals surface area contributed by atoms with Crippen LogP contribution in [0.4, 0.5) is 0 Å². The van der Waals surface area contributed by atoms with Gasteiger partial charge < -0.3 is 4.57 Å². The minimum Gasteiger partial charge on any atom is -0.336 e. The lowest BCUT2D eigenvalue weighted by molar-refractivity contribution is 0.518. The van der Waals surface area contributed by atoms with Gasteiger partial charge in [0.2, 0.25) is 0 Å². The van der Waals surface area contributed by atoms with E-state index in [4.69, 9.17) is 11.6 Å². The third kappa shape index (κ3) is 2.57. The first-order chi connectivity index (χ1) is 12.3. The topological polar surface area (TPSA) is 4.93 Å².